The van der Waals surface area contributed by atoms with Crippen LogP contribution in [0.4, 0.5) is 0 Å². The van der Waals surface area contributed by atoms with Gasteiger partial charge in [0.2, 0.25) is 0 Å². The monoisotopic (exact) mass is 224 g/mol. The van der Waals surface area contributed by atoms with E-state index >= 15 is 0 Å². The third kappa shape index (κ3) is 4.69. The lowest BCUT2D eigenvalue weighted by Gasteiger charge is -2.40. The second-order valence-corrected chi connectivity index (χ2v) is 8.07. The lowest BCUT2D eigenvalue weighted by Crippen LogP contribution is -2.36. The van der Waals surface area contributed by atoms with Crippen LogP contribution in [0.1, 0.15) is 47.0 Å². The maximum atomic E-state index is 2.54. The van der Waals surface area contributed by atoms with E-state index in [1.807, 2.05) is 0 Å². The highest BCUT2D eigenvalue weighted by Gasteiger charge is 2.33. The summed E-state index contributed by atoms with van der Waals surface area (Å²) in [6.07, 6.45) is 6.40. The minimum Gasteiger partial charge on any atom is -0.331 e. The first-order valence-corrected chi connectivity index (χ1v) is 6.50. The van der Waals surface area contributed by atoms with Crippen molar-refractivity contribution in [3.05, 3.63) is 11.6 Å². The van der Waals surface area contributed by atoms with Gasteiger partial charge in [-0.2, -0.15) is 0 Å². The maximum Gasteiger partial charge on any atom is 0.0818 e. The Morgan fingerprint density at radius 3 is 2.12 bits per heavy atom. The predicted molar refractivity (Wildman–Crippen MR) is 72.4 cm³/mol. The standard InChI is InChI=1S/C15H30N/c1-14(2)10-13(8-9-16(5,6)7)11-15(3,4)12-14/h10H,8-9,11-12H2,1-7H3/q+1. The van der Waals surface area contributed by atoms with Crippen LogP contribution in [0.2, 0.25) is 0 Å². The van der Waals surface area contributed by atoms with Gasteiger partial charge in [0, 0.05) is 6.42 Å². The molecule has 1 nitrogen and oxygen atoms in total. The largest absolute Gasteiger partial charge is 0.331 e. The molecule has 0 spiro atoms. The normalized spacial score (nSPS) is 24.1. The molecule has 16 heavy (non-hydrogen) atoms. The highest BCUT2D eigenvalue weighted by molar-refractivity contribution is 5.15. The third-order valence-electron chi connectivity index (χ3n) is 3.34. The van der Waals surface area contributed by atoms with Crippen molar-refractivity contribution in [2.75, 3.05) is 27.7 Å². The van der Waals surface area contributed by atoms with Gasteiger partial charge in [0.25, 0.3) is 0 Å². The molecule has 0 aromatic heterocycles. The Balaban J connectivity index is 2.69. The van der Waals surface area contributed by atoms with E-state index in [2.05, 4.69) is 54.9 Å². The Bertz CT molecular complexity index is 276. The van der Waals surface area contributed by atoms with Crippen LogP contribution in [-0.4, -0.2) is 32.2 Å². The third-order valence-corrected chi connectivity index (χ3v) is 3.34. The average molecular weight is 224 g/mol. The molecule has 1 aliphatic carbocycles. The van der Waals surface area contributed by atoms with Crippen LogP contribution in [-0.2, 0) is 0 Å². The molecule has 0 aromatic rings. The topological polar surface area (TPSA) is 0 Å². The van der Waals surface area contributed by atoms with Crippen LogP contribution in [0.5, 0.6) is 0 Å². The second kappa shape index (κ2) is 4.18. The van der Waals surface area contributed by atoms with Crippen LogP contribution < -0.4 is 0 Å². The number of nitrogens with zero attached hydrogens (tertiary/aromatic N) is 1. The van der Waals surface area contributed by atoms with Crippen LogP contribution in [0.15, 0.2) is 11.6 Å². The lowest BCUT2D eigenvalue weighted by molar-refractivity contribution is -0.870. The van der Waals surface area contributed by atoms with E-state index in [0.717, 1.165) is 4.48 Å². The summed E-state index contributed by atoms with van der Waals surface area (Å²) >= 11 is 0. The summed E-state index contributed by atoms with van der Waals surface area (Å²) in [5.41, 5.74) is 2.55. The zero-order valence-electron chi connectivity index (χ0n) is 12.4. The van der Waals surface area contributed by atoms with Crippen LogP contribution in [0, 0.1) is 10.8 Å². The molecular weight excluding hydrogens is 194 g/mol. The van der Waals surface area contributed by atoms with Crippen molar-refractivity contribution in [3.8, 4) is 0 Å². The SMILES string of the molecule is CC1(C)C=C(CC[N+](C)(C)C)CC(C)(C)C1. The maximum absolute atomic E-state index is 2.54. The highest BCUT2D eigenvalue weighted by Crippen LogP contribution is 2.45. The van der Waals surface area contributed by atoms with Gasteiger partial charge in [0.1, 0.15) is 0 Å². The predicted octanol–water partition coefficient (Wildman–Crippen LogP) is 3.86. The van der Waals surface area contributed by atoms with Crippen molar-refractivity contribution in [1.29, 1.82) is 0 Å². The lowest BCUT2D eigenvalue weighted by atomic mass is 9.66. The van der Waals surface area contributed by atoms with E-state index in [4.69, 9.17) is 0 Å². The molecule has 0 unspecified atom stereocenters. The van der Waals surface area contributed by atoms with Crippen molar-refractivity contribution in [2.24, 2.45) is 10.8 Å². The fourth-order valence-corrected chi connectivity index (χ4v) is 3.20. The molecule has 1 rings (SSSR count). The zero-order chi connectivity index (χ0) is 12.6. The molecule has 0 heterocycles. The first-order valence-electron chi connectivity index (χ1n) is 6.50. The highest BCUT2D eigenvalue weighted by atomic mass is 15.3. The van der Waals surface area contributed by atoms with E-state index in [1.54, 1.807) is 5.57 Å². The molecular formula is C15H30N+. The fraction of sp³-hybridized carbons (Fsp3) is 0.867. The molecule has 1 heteroatoms. The van der Waals surface area contributed by atoms with Gasteiger partial charge in [0.05, 0.1) is 27.7 Å². The number of quaternary nitrogens is 1. The van der Waals surface area contributed by atoms with Gasteiger partial charge in [-0.1, -0.05) is 39.3 Å². The van der Waals surface area contributed by atoms with E-state index in [9.17, 15) is 0 Å². The van der Waals surface area contributed by atoms with Gasteiger partial charge < -0.3 is 4.48 Å². The van der Waals surface area contributed by atoms with Crippen LogP contribution in [0.3, 0.4) is 0 Å². The van der Waals surface area contributed by atoms with Crippen molar-refractivity contribution in [3.63, 3.8) is 0 Å². The minimum atomic E-state index is 0.391. The summed E-state index contributed by atoms with van der Waals surface area (Å²) in [6.45, 7) is 10.8. The molecule has 0 atom stereocenters. The smallest absolute Gasteiger partial charge is 0.0818 e. The van der Waals surface area contributed by atoms with E-state index in [-0.39, 0.29) is 0 Å². The van der Waals surface area contributed by atoms with Crippen molar-refractivity contribution < 1.29 is 4.48 Å². The zero-order valence-corrected chi connectivity index (χ0v) is 12.4. The summed E-state index contributed by atoms with van der Waals surface area (Å²) in [5.74, 6) is 0. The van der Waals surface area contributed by atoms with Gasteiger partial charge >= 0.3 is 0 Å². The van der Waals surface area contributed by atoms with Gasteiger partial charge in [0.15, 0.2) is 0 Å². The average Bonchev–Trinajstić information content (AvgIpc) is 1.93. The summed E-state index contributed by atoms with van der Waals surface area (Å²) in [6, 6.07) is 0. The summed E-state index contributed by atoms with van der Waals surface area (Å²) < 4.78 is 1.07. The van der Waals surface area contributed by atoms with Gasteiger partial charge in [-0.3, -0.25) is 0 Å². The molecule has 0 saturated carbocycles. The van der Waals surface area contributed by atoms with E-state index in [0.29, 0.717) is 10.8 Å². The van der Waals surface area contributed by atoms with Crippen molar-refractivity contribution in [2.45, 2.75) is 47.0 Å². The van der Waals surface area contributed by atoms with Crippen LogP contribution in [0.25, 0.3) is 0 Å². The van der Waals surface area contributed by atoms with Crippen LogP contribution >= 0.6 is 0 Å². The Morgan fingerprint density at radius 1 is 1.12 bits per heavy atom. The summed E-state index contributed by atoms with van der Waals surface area (Å²) in [4.78, 5) is 0. The fourth-order valence-electron chi connectivity index (χ4n) is 3.20. The molecule has 0 amide bonds. The Hall–Kier alpha value is -0.300. The number of allylic oxidation sites excluding steroid dienone is 1. The first kappa shape index (κ1) is 13.8. The molecule has 94 valence electrons. The summed E-state index contributed by atoms with van der Waals surface area (Å²) in [5, 5.41) is 0. The molecule has 0 saturated heterocycles. The summed E-state index contributed by atoms with van der Waals surface area (Å²) in [7, 11) is 6.83. The Kier molecular flexibility index (Phi) is 3.59. The number of rotatable bonds is 3. The van der Waals surface area contributed by atoms with Crippen molar-refractivity contribution >= 4 is 0 Å². The quantitative estimate of drug-likeness (QED) is 0.504. The molecule has 0 radical (unpaired) electrons. The van der Waals surface area contributed by atoms with Crippen molar-refractivity contribution in [1.82, 2.24) is 0 Å². The Morgan fingerprint density at radius 2 is 1.69 bits per heavy atom. The Labute approximate surface area is 102 Å². The van der Waals surface area contributed by atoms with E-state index in [1.165, 1.54) is 25.8 Å². The molecule has 0 fully saturated rings. The molecule has 0 aromatic carbocycles. The molecule has 1 aliphatic rings. The second-order valence-electron chi connectivity index (χ2n) is 8.07. The van der Waals surface area contributed by atoms with Gasteiger partial charge in [-0.15, -0.1) is 0 Å². The molecule has 0 bridgehead atoms. The molecule has 0 N–H and O–H groups in total. The van der Waals surface area contributed by atoms with Gasteiger partial charge in [-0.25, -0.2) is 0 Å². The minimum absolute atomic E-state index is 0.391. The van der Waals surface area contributed by atoms with E-state index < -0.39 is 0 Å². The number of hydrogen-bond acceptors (Lipinski definition) is 0. The molecule has 0 aliphatic heterocycles. The first-order chi connectivity index (χ1) is 6.99. The number of hydrogen-bond donors (Lipinski definition) is 0. The van der Waals surface area contributed by atoms with Gasteiger partial charge in [-0.05, 0) is 23.7 Å².